The predicted molar refractivity (Wildman–Crippen MR) is 76.6 cm³/mol. The Morgan fingerprint density at radius 3 is 2.33 bits per heavy atom. The minimum absolute atomic E-state index is 0.323. The van der Waals surface area contributed by atoms with Crippen molar-refractivity contribution in [3.05, 3.63) is 65.7 Å². The fraction of sp³-hybridized carbons (Fsp3) is 0.250. The molecular weight excluding hydrogens is 244 g/mol. The third-order valence-electron chi connectivity index (χ3n) is 3.12. The fourth-order valence-corrected chi connectivity index (χ4v) is 2.41. The molecule has 0 saturated carbocycles. The molecule has 94 valence electrons. The lowest BCUT2D eigenvalue weighted by Crippen LogP contribution is -2.05. The molecule has 2 aromatic rings. The molecule has 1 unspecified atom stereocenters. The van der Waals surface area contributed by atoms with Gasteiger partial charge in [0.05, 0.1) is 7.11 Å². The number of benzene rings is 2. The molecular formula is C16H17ClO. The molecule has 0 bridgehead atoms. The van der Waals surface area contributed by atoms with E-state index in [4.69, 9.17) is 16.3 Å². The van der Waals surface area contributed by atoms with Gasteiger partial charge in [0, 0.05) is 11.8 Å². The minimum Gasteiger partial charge on any atom is -0.496 e. The second kappa shape index (κ2) is 6.46. The van der Waals surface area contributed by atoms with Gasteiger partial charge in [-0.2, -0.15) is 0 Å². The first-order chi connectivity index (χ1) is 8.85. The Labute approximate surface area is 113 Å². The first kappa shape index (κ1) is 13.0. The van der Waals surface area contributed by atoms with Gasteiger partial charge in [-0.3, -0.25) is 0 Å². The molecule has 0 radical (unpaired) electrons. The Morgan fingerprint density at radius 2 is 1.67 bits per heavy atom. The molecule has 0 aromatic heterocycles. The SMILES string of the molecule is COc1ccccc1CC(CCl)c1ccccc1. The molecule has 18 heavy (non-hydrogen) atoms. The molecule has 2 rings (SSSR count). The standard InChI is InChI=1S/C16H17ClO/c1-18-16-10-6-5-9-14(16)11-15(12-17)13-7-3-2-4-8-13/h2-10,15H,11-12H2,1H3. The Morgan fingerprint density at radius 1 is 1.00 bits per heavy atom. The Kier molecular flexibility index (Phi) is 4.66. The van der Waals surface area contributed by atoms with Gasteiger partial charge in [-0.25, -0.2) is 0 Å². The maximum Gasteiger partial charge on any atom is 0.122 e. The first-order valence-corrected chi connectivity index (χ1v) is 6.61. The van der Waals surface area contributed by atoms with Crippen LogP contribution in [0.2, 0.25) is 0 Å². The molecule has 2 heteroatoms. The highest BCUT2D eigenvalue weighted by Gasteiger charge is 2.13. The van der Waals surface area contributed by atoms with Crippen LogP contribution >= 0.6 is 11.6 Å². The van der Waals surface area contributed by atoms with E-state index in [1.807, 2.05) is 24.3 Å². The van der Waals surface area contributed by atoms with Crippen LogP contribution in [0.5, 0.6) is 5.75 Å². The van der Waals surface area contributed by atoms with Gasteiger partial charge in [-0.15, -0.1) is 11.6 Å². The van der Waals surface area contributed by atoms with Crippen LogP contribution in [0.1, 0.15) is 17.0 Å². The highest BCUT2D eigenvalue weighted by Crippen LogP contribution is 2.27. The molecule has 0 aliphatic carbocycles. The molecule has 1 atom stereocenters. The number of para-hydroxylation sites is 1. The number of alkyl halides is 1. The smallest absolute Gasteiger partial charge is 0.122 e. The van der Waals surface area contributed by atoms with Crippen LogP contribution in [-0.2, 0) is 6.42 Å². The number of methoxy groups -OCH3 is 1. The zero-order valence-corrected chi connectivity index (χ0v) is 11.2. The summed E-state index contributed by atoms with van der Waals surface area (Å²) in [5.41, 5.74) is 2.48. The number of halogens is 1. The highest BCUT2D eigenvalue weighted by atomic mass is 35.5. The monoisotopic (exact) mass is 260 g/mol. The molecule has 0 fully saturated rings. The summed E-state index contributed by atoms with van der Waals surface area (Å²) in [5, 5.41) is 0. The summed E-state index contributed by atoms with van der Waals surface area (Å²) in [6.07, 6.45) is 0.900. The normalized spacial score (nSPS) is 12.1. The zero-order chi connectivity index (χ0) is 12.8. The molecule has 1 nitrogen and oxygen atoms in total. The van der Waals surface area contributed by atoms with Gasteiger partial charge in [0.25, 0.3) is 0 Å². The Hall–Kier alpha value is -1.47. The first-order valence-electron chi connectivity index (χ1n) is 6.08. The van der Waals surface area contributed by atoms with E-state index in [0.717, 1.165) is 12.2 Å². The lowest BCUT2D eigenvalue weighted by Gasteiger charge is -2.16. The fourth-order valence-electron chi connectivity index (χ4n) is 2.12. The summed E-state index contributed by atoms with van der Waals surface area (Å²) >= 11 is 6.11. The largest absolute Gasteiger partial charge is 0.496 e. The van der Waals surface area contributed by atoms with E-state index in [2.05, 4.69) is 30.3 Å². The number of hydrogen-bond acceptors (Lipinski definition) is 1. The summed E-state index contributed by atoms with van der Waals surface area (Å²) < 4.78 is 5.38. The van der Waals surface area contributed by atoms with Crippen LogP contribution in [0.4, 0.5) is 0 Å². The van der Waals surface area contributed by atoms with E-state index >= 15 is 0 Å². The molecule has 0 saturated heterocycles. The molecule has 0 amide bonds. The van der Waals surface area contributed by atoms with Crippen LogP contribution in [0.15, 0.2) is 54.6 Å². The highest BCUT2D eigenvalue weighted by molar-refractivity contribution is 6.18. The molecule has 0 aliphatic heterocycles. The van der Waals surface area contributed by atoms with Crippen LogP contribution in [0, 0.1) is 0 Å². The predicted octanol–water partition coefficient (Wildman–Crippen LogP) is 4.26. The maximum atomic E-state index is 6.11. The van der Waals surface area contributed by atoms with E-state index in [9.17, 15) is 0 Å². The summed E-state index contributed by atoms with van der Waals surface area (Å²) in [4.78, 5) is 0. The van der Waals surface area contributed by atoms with Crippen molar-refractivity contribution in [1.29, 1.82) is 0 Å². The zero-order valence-electron chi connectivity index (χ0n) is 10.5. The van der Waals surface area contributed by atoms with E-state index in [1.54, 1.807) is 7.11 Å². The van der Waals surface area contributed by atoms with Crippen molar-refractivity contribution in [2.24, 2.45) is 0 Å². The van der Waals surface area contributed by atoms with Gasteiger partial charge in [-0.1, -0.05) is 48.5 Å². The van der Waals surface area contributed by atoms with E-state index < -0.39 is 0 Å². The van der Waals surface area contributed by atoms with Crippen molar-refractivity contribution in [1.82, 2.24) is 0 Å². The molecule has 0 spiro atoms. The van der Waals surface area contributed by atoms with Gasteiger partial charge in [0.15, 0.2) is 0 Å². The third kappa shape index (κ3) is 3.05. The lowest BCUT2D eigenvalue weighted by molar-refractivity contribution is 0.408. The van der Waals surface area contributed by atoms with Gasteiger partial charge >= 0.3 is 0 Å². The van der Waals surface area contributed by atoms with Crippen LogP contribution in [0.3, 0.4) is 0 Å². The molecule has 0 aliphatic rings. The summed E-state index contributed by atoms with van der Waals surface area (Å²) in [6.45, 7) is 0. The van der Waals surface area contributed by atoms with Crippen molar-refractivity contribution < 1.29 is 4.74 Å². The van der Waals surface area contributed by atoms with Gasteiger partial charge in [0.1, 0.15) is 5.75 Å². The topological polar surface area (TPSA) is 9.23 Å². The number of ether oxygens (including phenoxy) is 1. The average Bonchev–Trinajstić information content (AvgIpc) is 2.46. The molecule has 2 aromatic carbocycles. The van der Waals surface area contributed by atoms with E-state index in [1.165, 1.54) is 11.1 Å². The van der Waals surface area contributed by atoms with Gasteiger partial charge in [0.2, 0.25) is 0 Å². The molecule has 0 heterocycles. The number of hydrogen-bond donors (Lipinski definition) is 0. The van der Waals surface area contributed by atoms with Crippen LogP contribution in [0.25, 0.3) is 0 Å². The van der Waals surface area contributed by atoms with Crippen molar-refractivity contribution in [2.45, 2.75) is 12.3 Å². The average molecular weight is 261 g/mol. The second-order valence-electron chi connectivity index (χ2n) is 4.28. The third-order valence-corrected chi connectivity index (χ3v) is 3.49. The van der Waals surface area contributed by atoms with Crippen LogP contribution < -0.4 is 4.74 Å². The van der Waals surface area contributed by atoms with Crippen molar-refractivity contribution >= 4 is 11.6 Å². The second-order valence-corrected chi connectivity index (χ2v) is 4.59. The van der Waals surface area contributed by atoms with Crippen molar-refractivity contribution in [2.75, 3.05) is 13.0 Å². The minimum atomic E-state index is 0.323. The van der Waals surface area contributed by atoms with E-state index in [0.29, 0.717) is 11.8 Å². The molecule has 0 N–H and O–H groups in total. The lowest BCUT2D eigenvalue weighted by atomic mass is 9.93. The van der Waals surface area contributed by atoms with Gasteiger partial charge < -0.3 is 4.74 Å². The van der Waals surface area contributed by atoms with Gasteiger partial charge in [-0.05, 0) is 23.6 Å². The quantitative estimate of drug-likeness (QED) is 0.730. The summed E-state index contributed by atoms with van der Waals surface area (Å²) in [7, 11) is 1.71. The van der Waals surface area contributed by atoms with Crippen molar-refractivity contribution in [3.8, 4) is 5.75 Å². The Balaban J connectivity index is 2.21. The van der Waals surface area contributed by atoms with E-state index in [-0.39, 0.29) is 0 Å². The summed E-state index contributed by atoms with van der Waals surface area (Å²) in [6, 6.07) is 18.5. The Bertz CT molecular complexity index is 481. The van der Waals surface area contributed by atoms with Crippen LogP contribution in [-0.4, -0.2) is 13.0 Å². The maximum absolute atomic E-state index is 6.11. The summed E-state index contributed by atoms with van der Waals surface area (Å²) in [5.74, 6) is 1.87. The number of rotatable bonds is 5. The van der Waals surface area contributed by atoms with Crippen molar-refractivity contribution in [3.63, 3.8) is 0 Å².